The van der Waals surface area contributed by atoms with Gasteiger partial charge < -0.3 is 15.3 Å². The van der Waals surface area contributed by atoms with Gasteiger partial charge in [0.1, 0.15) is 0 Å². The summed E-state index contributed by atoms with van der Waals surface area (Å²) >= 11 is 3.42. The molecule has 2 rings (SSSR count). The van der Waals surface area contributed by atoms with Crippen LogP contribution in [-0.2, 0) is 4.79 Å². The number of nitrogens with one attached hydrogen (secondary N) is 1. The van der Waals surface area contributed by atoms with Crippen LogP contribution in [0, 0.1) is 5.92 Å². The van der Waals surface area contributed by atoms with Crippen molar-refractivity contribution in [3.63, 3.8) is 0 Å². The number of halogens is 1. The highest BCUT2D eigenvalue weighted by Gasteiger charge is 2.18. The molecule has 5 heteroatoms. The third-order valence-corrected chi connectivity index (χ3v) is 4.46. The Bertz CT molecular complexity index is 445. The Morgan fingerprint density at radius 1 is 1.35 bits per heavy atom. The van der Waals surface area contributed by atoms with Crippen molar-refractivity contribution in [2.45, 2.75) is 19.3 Å². The smallest absolute Gasteiger partial charge is 0.225 e. The number of anilines is 1. The molecule has 1 aromatic carbocycles. The normalized spacial score (nSPS) is 17.1. The van der Waals surface area contributed by atoms with Crippen LogP contribution < -0.4 is 5.32 Å². The first kappa shape index (κ1) is 15.5. The Morgan fingerprint density at radius 3 is 2.70 bits per heavy atom. The van der Waals surface area contributed by atoms with E-state index in [1.165, 1.54) is 0 Å². The molecule has 0 unspecified atom stereocenters. The maximum Gasteiger partial charge on any atom is 0.225 e. The molecule has 0 aromatic heterocycles. The van der Waals surface area contributed by atoms with Gasteiger partial charge in [0.25, 0.3) is 0 Å². The molecule has 1 aromatic rings. The Morgan fingerprint density at radius 2 is 2.05 bits per heavy atom. The second kappa shape index (κ2) is 7.76. The molecular weight excluding hydrogens is 320 g/mol. The maximum atomic E-state index is 11.9. The fourth-order valence-electron chi connectivity index (χ4n) is 2.43. The molecule has 1 fully saturated rings. The summed E-state index contributed by atoms with van der Waals surface area (Å²) < 4.78 is 0.900. The highest BCUT2D eigenvalue weighted by atomic mass is 79.9. The summed E-state index contributed by atoms with van der Waals surface area (Å²) in [5.41, 5.74) is 0.816. The molecule has 20 heavy (non-hydrogen) atoms. The zero-order chi connectivity index (χ0) is 14.4. The van der Waals surface area contributed by atoms with E-state index in [9.17, 15) is 4.79 Å². The van der Waals surface area contributed by atoms with Crippen LogP contribution in [0.4, 0.5) is 5.69 Å². The highest BCUT2D eigenvalue weighted by molar-refractivity contribution is 9.10. The van der Waals surface area contributed by atoms with E-state index in [-0.39, 0.29) is 12.5 Å². The maximum absolute atomic E-state index is 11.9. The third-order valence-electron chi connectivity index (χ3n) is 3.77. The number of carbonyl (C=O) groups is 1. The van der Waals surface area contributed by atoms with Crippen molar-refractivity contribution in [3.8, 4) is 0 Å². The molecule has 1 amide bonds. The van der Waals surface area contributed by atoms with E-state index in [2.05, 4.69) is 26.1 Å². The fraction of sp³-hybridized carbons (Fsp3) is 0.533. The molecule has 0 atom stereocenters. The van der Waals surface area contributed by atoms with Gasteiger partial charge in [-0.05, 0) is 59.9 Å². The lowest BCUT2D eigenvalue weighted by Gasteiger charge is -2.30. The quantitative estimate of drug-likeness (QED) is 0.865. The lowest BCUT2D eigenvalue weighted by Crippen LogP contribution is -2.36. The predicted molar refractivity (Wildman–Crippen MR) is 83.6 cm³/mol. The third kappa shape index (κ3) is 4.58. The van der Waals surface area contributed by atoms with Crippen molar-refractivity contribution in [1.82, 2.24) is 4.90 Å². The summed E-state index contributed by atoms with van der Waals surface area (Å²) in [6.07, 6.45) is 2.57. The number of amides is 1. The Kier molecular flexibility index (Phi) is 6.01. The van der Waals surface area contributed by atoms with Gasteiger partial charge in [-0.1, -0.05) is 12.1 Å². The van der Waals surface area contributed by atoms with Crippen molar-refractivity contribution in [1.29, 1.82) is 0 Å². The van der Waals surface area contributed by atoms with E-state index in [4.69, 9.17) is 5.11 Å². The van der Waals surface area contributed by atoms with Crippen LogP contribution in [0.1, 0.15) is 19.3 Å². The number of likely N-dealkylation sites (tertiary alicyclic amines) is 1. The van der Waals surface area contributed by atoms with Crippen LogP contribution in [0.3, 0.4) is 0 Å². The molecule has 1 heterocycles. The van der Waals surface area contributed by atoms with Gasteiger partial charge in [-0.25, -0.2) is 0 Å². The number of hydrogen-bond acceptors (Lipinski definition) is 3. The van der Waals surface area contributed by atoms with E-state index < -0.39 is 0 Å². The van der Waals surface area contributed by atoms with Crippen LogP contribution in [0.5, 0.6) is 0 Å². The number of rotatable bonds is 5. The van der Waals surface area contributed by atoms with Gasteiger partial charge >= 0.3 is 0 Å². The summed E-state index contributed by atoms with van der Waals surface area (Å²) in [5.74, 6) is 0.488. The topological polar surface area (TPSA) is 52.6 Å². The van der Waals surface area contributed by atoms with Gasteiger partial charge in [0, 0.05) is 24.0 Å². The van der Waals surface area contributed by atoms with Crippen LogP contribution in [-0.4, -0.2) is 42.2 Å². The molecule has 1 saturated heterocycles. The number of aliphatic hydroxyl groups is 1. The average Bonchev–Trinajstić information content (AvgIpc) is 2.48. The molecule has 4 nitrogen and oxygen atoms in total. The van der Waals surface area contributed by atoms with Crippen LogP contribution in [0.15, 0.2) is 28.7 Å². The molecule has 0 saturated carbocycles. The van der Waals surface area contributed by atoms with E-state index in [0.717, 1.165) is 42.6 Å². The highest BCUT2D eigenvalue weighted by Crippen LogP contribution is 2.21. The van der Waals surface area contributed by atoms with Crippen LogP contribution in [0.2, 0.25) is 0 Å². The van der Waals surface area contributed by atoms with Gasteiger partial charge in [0.15, 0.2) is 0 Å². The second-order valence-corrected chi connectivity index (χ2v) is 6.10. The zero-order valence-corrected chi connectivity index (χ0v) is 13.1. The molecule has 0 aliphatic carbocycles. The molecule has 1 aliphatic rings. The monoisotopic (exact) mass is 340 g/mol. The van der Waals surface area contributed by atoms with Gasteiger partial charge in [-0.2, -0.15) is 0 Å². The van der Waals surface area contributed by atoms with Crippen molar-refractivity contribution >= 4 is 27.5 Å². The summed E-state index contributed by atoms with van der Waals surface area (Å²) in [7, 11) is 0. The van der Waals surface area contributed by atoms with Gasteiger partial charge in [0.2, 0.25) is 5.91 Å². The van der Waals surface area contributed by atoms with Crippen molar-refractivity contribution in [2.24, 2.45) is 5.92 Å². The van der Waals surface area contributed by atoms with E-state index in [1.54, 1.807) is 0 Å². The minimum atomic E-state index is 0.0428. The number of para-hydroxylation sites is 1. The first-order chi connectivity index (χ1) is 9.69. The largest absolute Gasteiger partial charge is 0.396 e. The van der Waals surface area contributed by atoms with Crippen LogP contribution >= 0.6 is 15.9 Å². The molecule has 0 bridgehead atoms. The lowest BCUT2D eigenvalue weighted by atomic mass is 9.98. The second-order valence-electron chi connectivity index (χ2n) is 5.25. The van der Waals surface area contributed by atoms with Crippen LogP contribution in [0.25, 0.3) is 0 Å². The lowest BCUT2D eigenvalue weighted by molar-refractivity contribution is -0.116. The SMILES string of the molecule is O=C(CCN1CCC(CO)CC1)Nc1ccccc1Br. The Balaban J connectivity index is 1.72. The molecule has 0 spiro atoms. The summed E-state index contributed by atoms with van der Waals surface area (Å²) in [6.45, 7) is 3.03. The van der Waals surface area contributed by atoms with Gasteiger partial charge in [0.05, 0.1) is 5.69 Å². The van der Waals surface area contributed by atoms with E-state index in [0.29, 0.717) is 12.3 Å². The number of aliphatic hydroxyl groups excluding tert-OH is 1. The number of carbonyl (C=O) groups excluding carboxylic acids is 1. The van der Waals surface area contributed by atoms with E-state index >= 15 is 0 Å². The Labute approximate surface area is 128 Å². The first-order valence-electron chi connectivity index (χ1n) is 7.06. The summed E-state index contributed by atoms with van der Waals surface area (Å²) in [5, 5.41) is 12.0. The molecular formula is C15H21BrN2O2. The number of benzene rings is 1. The minimum absolute atomic E-state index is 0.0428. The average molecular weight is 341 g/mol. The van der Waals surface area contributed by atoms with Crippen molar-refractivity contribution in [2.75, 3.05) is 31.6 Å². The van der Waals surface area contributed by atoms with E-state index in [1.807, 2.05) is 24.3 Å². The number of nitrogens with zero attached hydrogens (tertiary/aromatic N) is 1. The van der Waals surface area contributed by atoms with Gasteiger partial charge in [-0.15, -0.1) is 0 Å². The molecule has 0 radical (unpaired) electrons. The minimum Gasteiger partial charge on any atom is -0.396 e. The Hall–Kier alpha value is -0.910. The predicted octanol–water partition coefficient (Wildman–Crippen LogP) is 2.48. The fourth-order valence-corrected chi connectivity index (χ4v) is 2.81. The summed E-state index contributed by atoms with van der Waals surface area (Å²) in [6, 6.07) is 7.62. The number of piperidine rings is 1. The molecule has 1 aliphatic heterocycles. The zero-order valence-electron chi connectivity index (χ0n) is 11.5. The molecule has 110 valence electrons. The van der Waals surface area contributed by atoms with Crippen molar-refractivity contribution < 1.29 is 9.90 Å². The standard InChI is InChI=1S/C15H21BrN2O2/c16-13-3-1-2-4-14(13)17-15(20)7-10-18-8-5-12(11-19)6-9-18/h1-4,12,19H,5-11H2,(H,17,20). The van der Waals surface area contributed by atoms with Gasteiger partial charge in [-0.3, -0.25) is 4.79 Å². The summed E-state index contributed by atoms with van der Waals surface area (Å²) in [4.78, 5) is 14.2. The van der Waals surface area contributed by atoms with Crippen molar-refractivity contribution in [3.05, 3.63) is 28.7 Å². The first-order valence-corrected chi connectivity index (χ1v) is 7.86. The number of hydrogen-bond donors (Lipinski definition) is 2. The molecule has 2 N–H and O–H groups in total.